The number of hydrogen-bond donors (Lipinski definition) is 0. The van der Waals surface area contributed by atoms with E-state index in [2.05, 4.69) is 25.1 Å². The largest absolute Gasteiger partial charge is 0.384 e. The summed E-state index contributed by atoms with van der Waals surface area (Å²) in [6.45, 7) is 3.59. The van der Waals surface area contributed by atoms with Crippen LogP contribution in [0, 0.1) is 11.5 Å². The number of benzene rings is 1. The molecule has 0 aliphatic rings. The first kappa shape index (κ1) is 19.6. The van der Waals surface area contributed by atoms with Crippen molar-refractivity contribution in [3.8, 4) is 0 Å². The normalized spacial score (nSPS) is 10.3. The van der Waals surface area contributed by atoms with Crippen LogP contribution >= 0.6 is 0 Å². The second kappa shape index (κ2) is 10.2. The molecule has 1 aromatic carbocycles. The van der Waals surface area contributed by atoms with Crippen molar-refractivity contribution in [2.75, 3.05) is 27.4 Å². The summed E-state index contributed by atoms with van der Waals surface area (Å²) in [5.41, 5.74) is 1.34. The van der Waals surface area contributed by atoms with Gasteiger partial charge in [-0.25, -0.2) is 0 Å². The third kappa shape index (κ3) is 7.30. The van der Waals surface area contributed by atoms with Crippen LogP contribution in [-0.4, -0.2) is 27.4 Å². The number of ether oxygens (including phenoxy) is 2. The predicted octanol–water partition coefficient (Wildman–Crippen LogP) is 2.96. The first-order valence-electron chi connectivity index (χ1n) is 5.13. The van der Waals surface area contributed by atoms with Crippen molar-refractivity contribution in [3.05, 3.63) is 35.9 Å². The maximum atomic E-state index is 5.24. The maximum Gasteiger partial charge on any atom is 0.0540 e. The van der Waals surface area contributed by atoms with Crippen LogP contribution in [0.1, 0.15) is 19.9 Å². The monoisotopic (exact) mass is 312 g/mol. The Morgan fingerprint density at radius 2 is 1.59 bits per heavy atom. The molecular weight excluding hydrogens is 289 g/mol. The molecule has 0 saturated carbocycles. The molecule has 0 N–H and O–H groups in total. The van der Waals surface area contributed by atoms with Crippen LogP contribution in [0.25, 0.3) is 0 Å². The molecule has 0 saturated heterocycles. The third-order valence-electron chi connectivity index (χ3n) is 2.40. The van der Waals surface area contributed by atoms with Crippen molar-refractivity contribution < 1.29 is 42.2 Å². The molecule has 0 aromatic heterocycles. The van der Waals surface area contributed by atoms with E-state index in [4.69, 9.17) is 9.47 Å². The van der Waals surface area contributed by atoms with Gasteiger partial charge < -0.3 is 9.47 Å². The fourth-order valence-corrected chi connectivity index (χ4v) is 1.87. The van der Waals surface area contributed by atoms with Crippen LogP contribution in [0.3, 0.4) is 0 Å². The Labute approximate surface area is 131 Å². The molecule has 0 bridgehead atoms. The van der Waals surface area contributed by atoms with Gasteiger partial charge in [-0.15, -0.1) is 0 Å². The van der Waals surface area contributed by atoms with Crippen molar-refractivity contribution >= 4 is 0 Å². The van der Waals surface area contributed by atoms with E-state index in [1.54, 1.807) is 14.2 Å². The Balaban J connectivity index is 0. The SMILES string of the molecule is C.COCC(C)(COC)Cc1cc[c-]cc1.[Y]. The molecule has 0 fully saturated rings. The molecule has 2 nitrogen and oxygen atoms in total. The van der Waals surface area contributed by atoms with Gasteiger partial charge in [-0.3, -0.25) is 0 Å². The first-order valence-corrected chi connectivity index (χ1v) is 5.13. The van der Waals surface area contributed by atoms with Gasteiger partial charge in [0.2, 0.25) is 0 Å². The smallest absolute Gasteiger partial charge is 0.0540 e. The van der Waals surface area contributed by atoms with Gasteiger partial charge in [-0.1, -0.05) is 14.4 Å². The molecule has 1 aromatic rings. The van der Waals surface area contributed by atoms with Crippen LogP contribution in [0.2, 0.25) is 0 Å². The van der Waals surface area contributed by atoms with E-state index < -0.39 is 0 Å². The second-order valence-corrected chi connectivity index (χ2v) is 4.26. The van der Waals surface area contributed by atoms with E-state index in [1.807, 2.05) is 12.1 Å². The van der Waals surface area contributed by atoms with Crippen molar-refractivity contribution in [1.82, 2.24) is 0 Å². The Kier molecular flexibility index (Phi) is 11.7. The van der Waals surface area contributed by atoms with Gasteiger partial charge in [0.1, 0.15) is 0 Å². The molecule has 0 unspecified atom stereocenters. The van der Waals surface area contributed by atoms with E-state index in [0.717, 1.165) is 6.42 Å². The summed E-state index contributed by atoms with van der Waals surface area (Å²) in [4.78, 5) is 0. The first-order chi connectivity index (χ1) is 7.20. The number of rotatable bonds is 6. The molecule has 0 aliphatic heterocycles. The predicted molar refractivity (Wildman–Crippen MR) is 67.6 cm³/mol. The molecule has 0 atom stereocenters. The summed E-state index contributed by atoms with van der Waals surface area (Å²) in [5.74, 6) is 0. The summed E-state index contributed by atoms with van der Waals surface area (Å²) in [5, 5.41) is 0. The van der Waals surface area contributed by atoms with Gasteiger partial charge in [0.15, 0.2) is 0 Å². The zero-order valence-electron chi connectivity index (χ0n) is 10.3. The second-order valence-electron chi connectivity index (χ2n) is 4.26. The van der Waals surface area contributed by atoms with Crippen LogP contribution in [0.15, 0.2) is 24.3 Å². The topological polar surface area (TPSA) is 18.5 Å². The minimum absolute atomic E-state index is 0. The molecule has 95 valence electrons. The quantitative estimate of drug-likeness (QED) is 0.752. The van der Waals surface area contributed by atoms with Crippen molar-refractivity contribution in [2.24, 2.45) is 5.41 Å². The van der Waals surface area contributed by atoms with Crippen LogP contribution in [0.4, 0.5) is 0 Å². The fourth-order valence-electron chi connectivity index (χ4n) is 1.87. The maximum absolute atomic E-state index is 5.24. The summed E-state index contributed by atoms with van der Waals surface area (Å²) in [6.07, 6.45) is 0.962. The van der Waals surface area contributed by atoms with E-state index >= 15 is 0 Å². The standard InChI is InChI=1S/C13H19O2.CH4.Y/c1-13(10-14-2,11-15-3)9-12-7-5-4-6-8-12;;/h5-8H,9-11H2,1-3H3;1H4;/q-1;;. The average Bonchev–Trinajstić information content (AvgIpc) is 2.19. The van der Waals surface area contributed by atoms with Crippen LogP contribution < -0.4 is 0 Å². The minimum atomic E-state index is 0. The molecule has 0 amide bonds. The number of hydrogen-bond acceptors (Lipinski definition) is 2. The van der Waals surface area contributed by atoms with E-state index in [-0.39, 0.29) is 45.6 Å². The summed E-state index contributed by atoms with van der Waals surface area (Å²) >= 11 is 0. The number of methoxy groups -OCH3 is 2. The van der Waals surface area contributed by atoms with E-state index in [9.17, 15) is 0 Å². The van der Waals surface area contributed by atoms with E-state index in [1.165, 1.54) is 5.56 Å². The Bertz CT molecular complexity index is 269. The van der Waals surface area contributed by atoms with Gasteiger partial charge in [-0.2, -0.15) is 35.9 Å². The van der Waals surface area contributed by atoms with Crippen LogP contribution in [-0.2, 0) is 48.6 Å². The Hall–Kier alpha value is 0.244. The van der Waals surface area contributed by atoms with Gasteiger partial charge in [0, 0.05) is 52.3 Å². The van der Waals surface area contributed by atoms with Gasteiger partial charge in [-0.05, 0) is 6.42 Å². The molecule has 3 heteroatoms. The van der Waals surface area contributed by atoms with Gasteiger partial charge in [0.05, 0.1) is 13.2 Å². The molecular formula is C14H23O2Y-. The molecule has 0 aliphatic carbocycles. The third-order valence-corrected chi connectivity index (χ3v) is 2.40. The zero-order chi connectivity index (χ0) is 11.1. The molecule has 0 heterocycles. The molecule has 0 spiro atoms. The zero-order valence-corrected chi connectivity index (χ0v) is 13.2. The summed E-state index contributed by atoms with van der Waals surface area (Å²) < 4.78 is 10.5. The fraction of sp³-hybridized carbons (Fsp3) is 0.571. The molecule has 1 rings (SSSR count). The van der Waals surface area contributed by atoms with E-state index in [0.29, 0.717) is 13.2 Å². The average molecular weight is 312 g/mol. The Morgan fingerprint density at radius 1 is 1.12 bits per heavy atom. The minimum Gasteiger partial charge on any atom is -0.384 e. The van der Waals surface area contributed by atoms with Gasteiger partial charge >= 0.3 is 0 Å². The summed E-state index contributed by atoms with van der Waals surface area (Å²) in [6, 6.07) is 11.1. The van der Waals surface area contributed by atoms with Gasteiger partial charge in [0.25, 0.3) is 0 Å². The molecule has 1 radical (unpaired) electrons. The van der Waals surface area contributed by atoms with Crippen LogP contribution in [0.5, 0.6) is 0 Å². The summed E-state index contributed by atoms with van der Waals surface area (Å²) in [7, 11) is 3.46. The Morgan fingerprint density at radius 3 is 2.00 bits per heavy atom. The van der Waals surface area contributed by atoms with Crippen molar-refractivity contribution in [1.29, 1.82) is 0 Å². The van der Waals surface area contributed by atoms with Crippen molar-refractivity contribution in [2.45, 2.75) is 20.8 Å². The van der Waals surface area contributed by atoms with Crippen molar-refractivity contribution in [3.63, 3.8) is 0 Å². The molecule has 17 heavy (non-hydrogen) atoms.